The summed E-state index contributed by atoms with van der Waals surface area (Å²) < 4.78 is 0. The average molecular weight is 389 g/mol. The van der Waals surface area contributed by atoms with Crippen LogP contribution in [0.5, 0.6) is 0 Å². The molecule has 0 radical (unpaired) electrons. The number of aliphatic hydroxyl groups is 1. The third-order valence-electron chi connectivity index (χ3n) is 5.47. The fraction of sp³-hybridized carbons (Fsp3) is 0.429. The molecule has 1 aliphatic heterocycles. The number of benzene rings is 1. The fourth-order valence-corrected chi connectivity index (χ4v) is 4.07. The Morgan fingerprint density at radius 3 is 2.78 bits per heavy atom. The van der Waals surface area contributed by atoms with Gasteiger partial charge >= 0.3 is 5.97 Å². The largest absolute Gasteiger partial charge is 0.481 e. The summed E-state index contributed by atoms with van der Waals surface area (Å²) >= 11 is 6.20. The first kappa shape index (κ1) is 19.8. The van der Waals surface area contributed by atoms with E-state index in [9.17, 15) is 15.0 Å². The van der Waals surface area contributed by atoms with E-state index >= 15 is 0 Å². The quantitative estimate of drug-likeness (QED) is 0.760. The Kier molecular flexibility index (Phi) is 6.47. The smallest absolute Gasteiger partial charge is 0.313 e. The van der Waals surface area contributed by atoms with E-state index in [1.807, 2.05) is 36.4 Å². The topological polar surface area (TPSA) is 73.7 Å². The summed E-state index contributed by atoms with van der Waals surface area (Å²) in [6, 6.07) is 11.9. The van der Waals surface area contributed by atoms with Gasteiger partial charge in [-0.3, -0.25) is 14.7 Å². The molecule has 2 N–H and O–H groups in total. The van der Waals surface area contributed by atoms with Crippen molar-refractivity contribution in [1.82, 2.24) is 9.88 Å². The van der Waals surface area contributed by atoms with Crippen molar-refractivity contribution in [2.45, 2.75) is 38.3 Å². The van der Waals surface area contributed by atoms with E-state index in [0.717, 1.165) is 18.4 Å². The first-order valence-electron chi connectivity index (χ1n) is 9.27. The molecule has 0 amide bonds. The molecule has 144 valence electrons. The maximum absolute atomic E-state index is 12.2. The number of aromatic nitrogens is 1. The van der Waals surface area contributed by atoms with Crippen LogP contribution in [0.3, 0.4) is 0 Å². The van der Waals surface area contributed by atoms with Gasteiger partial charge in [0.25, 0.3) is 0 Å². The van der Waals surface area contributed by atoms with E-state index in [1.54, 1.807) is 12.4 Å². The number of carboxylic acid groups (broad SMARTS) is 1. The van der Waals surface area contributed by atoms with Gasteiger partial charge in [0.15, 0.2) is 0 Å². The van der Waals surface area contributed by atoms with Crippen LogP contribution in [-0.4, -0.2) is 45.3 Å². The van der Waals surface area contributed by atoms with Gasteiger partial charge in [0.1, 0.15) is 5.41 Å². The summed E-state index contributed by atoms with van der Waals surface area (Å²) in [6.07, 6.45) is 4.86. The van der Waals surface area contributed by atoms with Gasteiger partial charge in [-0.25, -0.2) is 0 Å². The normalized spacial score (nSPS) is 23.3. The summed E-state index contributed by atoms with van der Waals surface area (Å²) in [5.41, 5.74) is 0.961. The number of halogens is 1. The number of pyridine rings is 1. The third kappa shape index (κ3) is 4.67. The molecule has 2 atom stereocenters. The maximum atomic E-state index is 12.2. The van der Waals surface area contributed by atoms with Gasteiger partial charge in [0.05, 0.1) is 11.1 Å². The van der Waals surface area contributed by atoms with Crippen LogP contribution in [0, 0.1) is 5.41 Å². The molecule has 0 bridgehead atoms. The molecule has 1 fully saturated rings. The number of rotatable bonds is 7. The lowest BCUT2D eigenvalue weighted by Gasteiger charge is -2.43. The van der Waals surface area contributed by atoms with Crippen LogP contribution in [0.15, 0.2) is 48.8 Å². The Morgan fingerprint density at radius 2 is 2.07 bits per heavy atom. The van der Waals surface area contributed by atoms with E-state index < -0.39 is 17.5 Å². The second-order valence-corrected chi connectivity index (χ2v) is 7.69. The van der Waals surface area contributed by atoms with Crippen LogP contribution < -0.4 is 0 Å². The minimum atomic E-state index is -1.15. The number of aryl methyl sites for hydroxylation is 1. The van der Waals surface area contributed by atoms with Crippen LogP contribution in [0.2, 0.25) is 5.02 Å². The van der Waals surface area contributed by atoms with Crippen molar-refractivity contribution in [3.63, 3.8) is 0 Å². The summed E-state index contributed by atoms with van der Waals surface area (Å²) in [6.45, 7) is 1.52. The number of carbonyl (C=O) groups is 1. The predicted octanol–water partition coefficient (Wildman–Crippen LogP) is 3.40. The highest BCUT2D eigenvalue weighted by molar-refractivity contribution is 6.31. The van der Waals surface area contributed by atoms with Crippen LogP contribution in [0.1, 0.15) is 30.4 Å². The van der Waals surface area contributed by atoms with Gasteiger partial charge in [0, 0.05) is 32.0 Å². The molecule has 1 aliphatic rings. The highest BCUT2D eigenvalue weighted by Gasteiger charge is 2.48. The number of hydrogen-bond acceptors (Lipinski definition) is 4. The van der Waals surface area contributed by atoms with Crippen molar-refractivity contribution in [3.05, 3.63) is 64.9 Å². The Hall–Kier alpha value is -1.95. The number of hydrogen-bond donors (Lipinski definition) is 2. The second kappa shape index (κ2) is 8.83. The number of likely N-dealkylation sites (tertiary alicyclic amines) is 1. The monoisotopic (exact) mass is 388 g/mol. The van der Waals surface area contributed by atoms with E-state index in [2.05, 4.69) is 9.88 Å². The number of aliphatic carboxylic acids is 1. The minimum Gasteiger partial charge on any atom is -0.481 e. The molecule has 5 nitrogen and oxygen atoms in total. The number of carboxylic acids is 1. The Morgan fingerprint density at radius 1 is 1.30 bits per heavy atom. The molecular formula is C21H25ClN2O3. The minimum absolute atomic E-state index is 0.316. The van der Waals surface area contributed by atoms with E-state index in [0.29, 0.717) is 37.5 Å². The SMILES string of the molecule is O=C(O)[C@]1(CCCc2ccccc2)CN(Cc2ccncc2Cl)CC[C@@H]1O. The maximum Gasteiger partial charge on any atom is 0.313 e. The first-order chi connectivity index (χ1) is 13.0. The number of aliphatic hydroxyl groups excluding tert-OH is 1. The van der Waals surface area contributed by atoms with Crippen molar-refractivity contribution in [2.75, 3.05) is 13.1 Å². The third-order valence-corrected chi connectivity index (χ3v) is 5.81. The Labute approximate surface area is 164 Å². The molecule has 1 aromatic carbocycles. The highest BCUT2D eigenvalue weighted by atomic mass is 35.5. The van der Waals surface area contributed by atoms with Crippen molar-refractivity contribution in [1.29, 1.82) is 0 Å². The van der Waals surface area contributed by atoms with Crippen molar-refractivity contribution >= 4 is 17.6 Å². The summed E-state index contributed by atoms with van der Waals surface area (Å²) in [7, 11) is 0. The average Bonchev–Trinajstić information content (AvgIpc) is 2.67. The molecule has 1 saturated heterocycles. The van der Waals surface area contributed by atoms with Crippen LogP contribution in [0.25, 0.3) is 0 Å². The lowest BCUT2D eigenvalue weighted by atomic mass is 9.73. The van der Waals surface area contributed by atoms with Crippen LogP contribution in [-0.2, 0) is 17.8 Å². The molecule has 3 rings (SSSR count). The first-order valence-corrected chi connectivity index (χ1v) is 9.65. The summed E-state index contributed by atoms with van der Waals surface area (Å²) in [4.78, 5) is 18.2. The molecule has 2 aromatic rings. The summed E-state index contributed by atoms with van der Waals surface area (Å²) in [5, 5.41) is 21.1. The van der Waals surface area contributed by atoms with Crippen LogP contribution >= 0.6 is 11.6 Å². The molecule has 6 heteroatoms. The standard InChI is InChI=1S/C21H25ClN2O3/c22-18-13-23-11-8-17(18)14-24-12-9-19(25)21(15-24,20(26)27)10-4-7-16-5-2-1-3-6-16/h1-3,5-6,8,11,13,19,25H,4,7,9-10,12,14-15H2,(H,26,27)/t19-,21+/m0/s1. The van der Waals surface area contributed by atoms with E-state index in [-0.39, 0.29) is 0 Å². The van der Waals surface area contributed by atoms with Crippen LogP contribution in [0.4, 0.5) is 0 Å². The van der Waals surface area contributed by atoms with Gasteiger partial charge < -0.3 is 10.2 Å². The zero-order valence-electron chi connectivity index (χ0n) is 15.2. The fourth-order valence-electron chi connectivity index (χ4n) is 3.89. The van der Waals surface area contributed by atoms with Gasteiger partial charge in [-0.1, -0.05) is 41.9 Å². The Bertz CT molecular complexity index is 771. The summed E-state index contributed by atoms with van der Waals surface area (Å²) in [5.74, 6) is -0.923. The molecule has 27 heavy (non-hydrogen) atoms. The van der Waals surface area contributed by atoms with E-state index in [1.165, 1.54) is 5.56 Å². The Balaban J connectivity index is 1.69. The number of nitrogens with zero attached hydrogens (tertiary/aromatic N) is 2. The van der Waals surface area contributed by atoms with Crippen molar-refractivity contribution in [3.8, 4) is 0 Å². The molecular weight excluding hydrogens is 364 g/mol. The zero-order valence-corrected chi connectivity index (χ0v) is 16.0. The van der Waals surface area contributed by atoms with Crippen molar-refractivity contribution in [2.24, 2.45) is 5.41 Å². The van der Waals surface area contributed by atoms with Gasteiger partial charge in [-0.2, -0.15) is 0 Å². The van der Waals surface area contributed by atoms with Gasteiger partial charge in [-0.05, 0) is 42.9 Å². The van der Waals surface area contributed by atoms with E-state index in [4.69, 9.17) is 11.6 Å². The van der Waals surface area contributed by atoms with Crippen molar-refractivity contribution < 1.29 is 15.0 Å². The molecule has 0 spiro atoms. The predicted molar refractivity (Wildman–Crippen MR) is 105 cm³/mol. The lowest BCUT2D eigenvalue weighted by Crippen LogP contribution is -2.55. The van der Waals surface area contributed by atoms with Gasteiger partial charge in [0.2, 0.25) is 0 Å². The molecule has 0 saturated carbocycles. The molecule has 0 aliphatic carbocycles. The molecule has 1 aromatic heterocycles. The highest BCUT2D eigenvalue weighted by Crippen LogP contribution is 2.37. The zero-order chi connectivity index (χ0) is 19.3. The van der Waals surface area contributed by atoms with Gasteiger partial charge in [-0.15, -0.1) is 0 Å². The molecule has 2 heterocycles. The second-order valence-electron chi connectivity index (χ2n) is 7.28. The molecule has 0 unspecified atom stereocenters. The number of piperidine rings is 1. The lowest BCUT2D eigenvalue weighted by molar-refractivity contribution is -0.164.